The van der Waals surface area contributed by atoms with Crippen molar-refractivity contribution in [2.24, 2.45) is 0 Å². The van der Waals surface area contributed by atoms with Crippen LogP contribution in [0.2, 0.25) is 0 Å². The van der Waals surface area contributed by atoms with Gasteiger partial charge >= 0.3 is 10.4 Å². The van der Waals surface area contributed by atoms with Gasteiger partial charge in [-0.25, -0.2) is 4.18 Å². The highest BCUT2D eigenvalue weighted by Crippen LogP contribution is 2.24. The first-order valence-electron chi connectivity index (χ1n) is 6.75. The van der Waals surface area contributed by atoms with Gasteiger partial charge in [0.05, 0.1) is 13.2 Å². The number of aliphatic hydroxyl groups excluding tert-OH is 3. The van der Waals surface area contributed by atoms with E-state index in [4.69, 9.17) is 14.0 Å². The number of ether oxygens (including phenoxy) is 2. The number of hydrogen-bond acceptors (Lipinski definition) is 8. The maximum Gasteiger partial charge on any atom is 0.397 e. The average molecular weight is 350 g/mol. The van der Waals surface area contributed by atoms with Crippen LogP contribution < -0.4 is 0 Å². The van der Waals surface area contributed by atoms with Gasteiger partial charge in [0, 0.05) is 0 Å². The van der Waals surface area contributed by atoms with Gasteiger partial charge in [0.2, 0.25) is 0 Å². The second kappa shape index (κ2) is 7.64. The van der Waals surface area contributed by atoms with E-state index in [0.29, 0.717) is 0 Å². The van der Waals surface area contributed by atoms with Crippen LogP contribution in [-0.2, 0) is 30.7 Å². The van der Waals surface area contributed by atoms with Crippen LogP contribution in [0.3, 0.4) is 0 Å². The molecule has 23 heavy (non-hydrogen) atoms. The Bertz CT molecular complexity index is 591. The summed E-state index contributed by atoms with van der Waals surface area (Å²) in [6.45, 7) is -0.643. The lowest BCUT2D eigenvalue weighted by atomic mass is 9.99. The van der Waals surface area contributed by atoms with Crippen molar-refractivity contribution in [3.8, 4) is 0 Å². The van der Waals surface area contributed by atoms with Crippen molar-refractivity contribution in [3.63, 3.8) is 0 Å². The van der Waals surface area contributed by atoms with Crippen molar-refractivity contribution >= 4 is 10.4 Å². The van der Waals surface area contributed by atoms with Gasteiger partial charge in [-0.05, 0) is 5.56 Å². The third kappa shape index (κ3) is 5.19. The Morgan fingerprint density at radius 1 is 1.09 bits per heavy atom. The normalized spacial score (nSPS) is 31.9. The molecule has 1 saturated heterocycles. The SMILES string of the molecule is O=S(=O)(O)OC[C@H]1O[C@H](O)[C@H](O)[C@@H](O)[C@@H]1OCc1ccccc1. The summed E-state index contributed by atoms with van der Waals surface area (Å²) in [5, 5.41) is 29.1. The number of hydrogen-bond donors (Lipinski definition) is 4. The lowest BCUT2D eigenvalue weighted by molar-refractivity contribution is -0.294. The highest BCUT2D eigenvalue weighted by atomic mass is 32.3. The zero-order chi connectivity index (χ0) is 17.0. The molecule has 5 atom stereocenters. The topological polar surface area (TPSA) is 143 Å². The summed E-state index contributed by atoms with van der Waals surface area (Å²) >= 11 is 0. The number of benzene rings is 1. The standard InChI is InChI=1S/C13H18O9S/c14-10-11(15)13(16)22-9(7-21-23(17,18)19)12(10)20-6-8-4-2-1-3-5-8/h1-5,9-16H,6-7H2,(H,17,18,19)/t9-,10-,11-,12-,13+/m1/s1. The van der Waals surface area contributed by atoms with Gasteiger partial charge in [0.1, 0.15) is 24.4 Å². The van der Waals surface area contributed by atoms with Gasteiger partial charge in [0.25, 0.3) is 0 Å². The summed E-state index contributed by atoms with van der Waals surface area (Å²) in [7, 11) is -4.72. The molecule has 0 bridgehead atoms. The molecule has 9 nitrogen and oxygen atoms in total. The van der Waals surface area contributed by atoms with Crippen LogP contribution in [0.5, 0.6) is 0 Å². The molecular formula is C13H18O9S. The van der Waals surface area contributed by atoms with Crippen molar-refractivity contribution in [2.75, 3.05) is 6.61 Å². The maximum absolute atomic E-state index is 10.6. The molecular weight excluding hydrogens is 332 g/mol. The Kier molecular flexibility index (Phi) is 6.06. The minimum atomic E-state index is -4.72. The molecule has 2 rings (SSSR count). The molecule has 0 amide bonds. The third-order valence-electron chi connectivity index (χ3n) is 3.33. The molecule has 4 N–H and O–H groups in total. The summed E-state index contributed by atoms with van der Waals surface area (Å²) in [5.41, 5.74) is 0.773. The van der Waals surface area contributed by atoms with Gasteiger partial charge in [-0.3, -0.25) is 4.55 Å². The number of rotatable bonds is 6. The summed E-state index contributed by atoms with van der Waals surface area (Å²) in [6, 6.07) is 8.91. The molecule has 0 aliphatic carbocycles. The van der Waals surface area contributed by atoms with Crippen molar-refractivity contribution in [1.29, 1.82) is 0 Å². The van der Waals surface area contributed by atoms with Gasteiger partial charge in [0.15, 0.2) is 6.29 Å². The monoisotopic (exact) mass is 350 g/mol. The average Bonchev–Trinajstić information content (AvgIpc) is 2.50. The van der Waals surface area contributed by atoms with E-state index >= 15 is 0 Å². The van der Waals surface area contributed by atoms with E-state index in [1.54, 1.807) is 24.3 Å². The Hall–Kier alpha value is -1.11. The molecule has 1 heterocycles. The molecule has 0 aromatic heterocycles. The fourth-order valence-corrected chi connectivity index (χ4v) is 2.49. The summed E-state index contributed by atoms with van der Waals surface area (Å²) in [5.74, 6) is 0. The van der Waals surface area contributed by atoms with Crippen LogP contribution in [0.4, 0.5) is 0 Å². The first kappa shape index (κ1) is 18.2. The molecule has 1 aromatic carbocycles. The smallest absolute Gasteiger partial charge is 0.387 e. The van der Waals surface area contributed by atoms with Crippen LogP contribution in [0.1, 0.15) is 5.56 Å². The van der Waals surface area contributed by atoms with Crippen LogP contribution in [0.15, 0.2) is 30.3 Å². The quantitative estimate of drug-likeness (QED) is 0.467. The predicted molar refractivity (Wildman–Crippen MR) is 75.4 cm³/mol. The van der Waals surface area contributed by atoms with Gasteiger partial charge in [-0.1, -0.05) is 30.3 Å². The molecule has 1 aromatic rings. The predicted octanol–water partition coefficient (Wildman–Crippen LogP) is -1.17. The molecule has 0 saturated carbocycles. The van der Waals surface area contributed by atoms with Gasteiger partial charge in [-0.2, -0.15) is 8.42 Å². The minimum absolute atomic E-state index is 0.0527. The van der Waals surface area contributed by atoms with Crippen LogP contribution in [0.25, 0.3) is 0 Å². The van der Waals surface area contributed by atoms with Crippen molar-refractivity contribution in [3.05, 3.63) is 35.9 Å². The van der Waals surface area contributed by atoms with Crippen molar-refractivity contribution in [1.82, 2.24) is 0 Å². The fourth-order valence-electron chi connectivity index (χ4n) is 2.18. The highest BCUT2D eigenvalue weighted by molar-refractivity contribution is 7.80. The molecule has 0 spiro atoms. The van der Waals surface area contributed by atoms with Crippen LogP contribution >= 0.6 is 0 Å². The summed E-state index contributed by atoms with van der Waals surface area (Å²) in [4.78, 5) is 0. The molecule has 0 radical (unpaired) electrons. The van der Waals surface area contributed by atoms with E-state index in [9.17, 15) is 23.7 Å². The highest BCUT2D eigenvalue weighted by Gasteiger charge is 2.45. The first-order chi connectivity index (χ1) is 10.8. The van der Waals surface area contributed by atoms with E-state index in [2.05, 4.69) is 4.18 Å². The maximum atomic E-state index is 10.6. The summed E-state index contributed by atoms with van der Waals surface area (Å²) < 4.78 is 44.6. The van der Waals surface area contributed by atoms with Crippen LogP contribution in [0, 0.1) is 0 Å². The lowest BCUT2D eigenvalue weighted by Crippen LogP contribution is -2.59. The molecule has 1 fully saturated rings. The van der Waals surface area contributed by atoms with Gasteiger partial charge < -0.3 is 24.8 Å². The van der Waals surface area contributed by atoms with E-state index in [-0.39, 0.29) is 6.61 Å². The Morgan fingerprint density at radius 3 is 2.35 bits per heavy atom. The van der Waals surface area contributed by atoms with Crippen molar-refractivity contribution in [2.45, 2.75) is 37.3 Å². The molecule has 1 aliphatic rings. The van der Waals surface area contributed by atoms with Gasteiger partial charge in [-0.15, -0.1) is 0 Å². The van der Waals surface area contributed by atoms with E-state index < -0.39 is 47.7 Å². The van der Waals surface area contributed by atoms with E-state index in [0.717, 1.165) is 5.56 Å². The zero-order valence-corrected chi connectivity index (χ0v) is 12.7. The molecule has 10 heteroatoms. The zero-order valence-electron chi connectivity index (χ0n) is 11.9. The minimum Gasteiger partial charge on any atom is -0.387 e. The molecule has 130 valence electrons. The first-order valence-corrected chi connectivity index (χ1v) is 8.11. The second-order valence-corrected chi connectivity index (χ2v) is 6.11. The lowest BCUT2D eigenvalue weighted by Gasteiger charge is -2.40. The number of aliphatic hydroxyl groups is 3. The van der Waals surface area contributed by atoms with E-state index in [1.807, 2.05) is 6.07 Å². The Labute approximate surface area is 133 Å². The fraction of sp³-hybridized carbons (Fsp3) is 0.538. The Morgan fingerprint density at radius 2 is 1.74 bits per heavy atom. The second-order valence-electron chi connectivity index (χ2n) is 5.02. The molecule has 1 aliphatic heterocycles. The summed E-state index contributed by atoms with van der Waals surface area (Å²) in [6.07, 6.45) is -7.28. The van der Waals surface area contributed by atoms with Crippen LogP contribution in [-0.4, -0.2) is 65.6 Å². The largest absolute Gasteiger partial charge is 0.397 e. The molecule has 0 unspecified atom stereocenters. The third-order valence-corrected chi connectivity index (χ3v) is 3.76. The van der Waals surface area contributed by atoms with Crippen molar-refractivity contribution < 1.29 is 41.9 Å². The van der Waals surface area contributed by atoms with E-state index in [1.165, 1.54) is 0 Å². The Balaban J connectivity index is 2.06.